The molecule has 2 rings (SSSR count). The third-order valence-electron chi connectivity index (χ3n) is 2.70. The highest BCUT2D eigenvalue weighted by Crippen LogP contribution is 2.37. The molecule has 5 heteroatoms. The van der Waals surface area contributed by atoms with Gasteiger partial charge < -0.3 is 5.32 Å². The maximum atomic E-state index is 11.6. The summed E-state index contributed by atoms with van der Waals surface area (Å²) in [5.74, 6) is 3.91. The fourth-order valence-corrected chi connectivity index (χ4v) is 1.55. The van der Waals surface area contributed by atoms with Crippen LogP contribution in [0.3, 0.4) is 0 Å². The van der Waals surface area contributed by atoms with E-state index >= 15 is 0 Å². The first kappa shape index (κ1) is 11.6. The van der Waals surface area contributed by atoms with Gasteiger partial charge in [-0.05, 0) is 25.7 Å². The highest BCUT2D eigenvalue weighted by Gasteiger charge is 2.28. The van der Waals surface area contributed by atoms with Crippen molar-refractivity contribution in [2.24, 2.45) is 0 Å². The van der Waals surface area contributed by atoms with Crippen molar-refractivity contribution >= 4 is 5.91 Å². The van der Waals surface area contributed by atoms with E-state index in [2.05, 4.69) is 26.4 Å². The minimum Gasteiger partial charge on any atom is -0.349 e. The number of unbranched alkanes of at least 4 members (excludes halogenated alkanes) is 2. The molecule has 1 aliphatic carbocycles. The molecule has 1 heterocycles. The molecule has 17 heavy (non-hydrogen) atoms. The number of terminal acetylenes is 1. The van der Waals surface area contributed by atoms with Gasteiger partial charge in [-0.3, -0.25) is 9.89 Å². The van der Waals surface area contributed by atoms with Crippen molar-refractivity contribution in [1.82, 2.24) is 20.5 Å². The smallest absolute Gasteiger partial charge is 0.290 e. The minimum absolute atomic E-state index is 0.214. The van der Waals surface area contributed by atoms with Crippen molar-refractivity contribution in [3.63, 3.8) is 0 Å². The lowest BCUT2D eigenvalue weighted by atomic mass is 10.2. The Morgan fingerprint density at radius 2 is 2.35 bits per heavy atom. The Kier molecular flexibility index (Phi) is 3.76. The molecule has 1 aliphatic rings. The number of aromatic amines is 1. The summed E-state index contributed by atoms with van der Waals surface area (Å²) in [4.78, 5) is 15.8. The Bertz CT molecular complexity index is 428. The number of nitrogens with one attached hydrogen (secondary N) is 2. The molecular formula is C12H16N4O. The van der Waals surface area contributed by atoms with Gasteiger partial charge >= 0.3 is 0 Å². The van der Waals surface area contributed by atoms with Crippen molar-refractivity contribution in [3.8, 4) is 12.3 Å². The molecule has 1 aromatic heterocycles. The van der Waals surface area contributed by atoms with Gasteiger partial charge in [0.05, 0.1) is 0 Å². The number of nitrogens with zero attached hydrogens (tertiary/aromatic N) is 2. The van der Waals surface area contributed by atoms with E-state index < -0.39 is 0 Å². The monoisotopic (exact) mass is 232 g/mol. The summed E-state index contributed by atoms with van der Waals surface area (Å²) in [6.45, 7) is 0.619. The van der Waals surface area contributed by atoms with Crippen LogP contribution in [0.4, 0.5) is 0 Å². The molecule has 0 bridgehead atoms. The Balaban J connectivity index is 1.73. The normalized spacial score (nSPS) is 14.3. The Labute approximate surface area is 100 Å². The minimum atomic E-state index is -0.214. The third kappa shape index (κ3) is 3.31. The molecule has 2 N–H and O–H groups in total. The van der Waals surface area contributed by atoms with Crippen LogP contribution in [0.15, 0.2) is 0 Å². The number of carbonyl (C=O) groups is 1. The predicted molar refractivity (Wildman–Crippen MR) is 63.4 cm³/mol. The van der Waals surface area contributed by atoms with E-state index in [1.165, 1.54) is 0 Å². The van der Waals surface area contributed by atoms with Gasteiger partial charge in [0.1, 0.15) is 5.82 Å². The average molecular weight is 232 g/mol. The molecule has 1 saturated carbocycles. The average Bonchev–Trinajstić information content (AvgIpc) is 3.07. The van der Waals surface area contributed by atoms with Crippen LogP contribution in [0.25, 0.3) is 0 Å². The fourth-order valence-electron chi connectivity index (χ4n) is 1.55. The van der Waals surface area contributed by atoms with E-state index in [4.69, 9.17) is 6.42 Å². The zero-order valence-electron chi connectivity index (χ0n) is 9.70. The molecule has 90 valence electrons. The molecule has 1 amide bonds. The highest BCUT2D eigenvalue weighted by atomic mass is 16.2. The molecule has 5 nitrogen and oxygen atoms in total. The molecule has 0 saturated heterocycles. The van der Waals surface area contributed by atoms with Gasteiger partial charge in [0.2, 0.25) is 5.82 Å². The number of H-pyrrole nitrogens is 1. The summed E-state index contributed by atoms with van der Waals surface area (Å²) in [5.41, 5.74) is 0. The van der Waals surface area contributed by atoms with Crippen molar-refractivity contribution < 1.29 is 4.79 Å². The number of rotatable bonds is 6. The summed E-state index contributed by atoms with van der Waals surface area (Å²) < 4.78 is 0. The third-order valence-corrected chi connectivity index (χ3v) is 2.70. The van der Waals surface area contributed by atoms with Crippen molar-refractivity contribution in [2.45, 2.75) is 38.0 Å². The number of aromatic nitrogens is 3. The topological polar surface area (TPSA) is 70.7 Å². The van der Waals surface area contributed by atoms with Gasteiger partial charge in [0.15, 0.2) is 0 Å². The van der Waals surface area contributed by atoms with Crippen LogP contribution in [0.1, 0.15) is 54.5 Å². The van der Waals surface area contributed by atoms with E-state index in [1.54, 1.807) is 0 Å². The maximum Gasteiger partial charge on any atom is 0.290 e. The quantitative estimate of drug-likeness (QED) is 0.572. The second kappa shape index (κ2) is 5.48. The molecule has 1 aromatic rings. The van der Waals surface area contributed by atoms with Gasteiger partial charge in [-0.2, -0.15) is 0 Å². The first-order valence-corrected chi connectivity index (χ1v) is 5.95. The van der Waals surface area contributed by atoms with E-state index in [0.29, 0.717) is 12.5 Å². The van der Waals surface area contributed by atoms with Gasteiger partial charge in [0.25, 0.3) is 5.91 Å². The molecule has 0 atom stereocenters. The molecule has 0 aromatic carbocycles. The zero-order valence-corrected chi connectivity index (χ0v) is 9.70. The van der Waals surface area contributed by atoms with Gasteiger partial charge in [0, 0.05) is 18.9 Å². The van der Waals surface area contributed by atoms with Crippen molar-refractivity contribution in [2.75, 3.05) is 6.54 Å². The van der Waals surface area contributed by atoms with E-state index in [0.717, 1.165) is 37.9 Å². The van der Waals surface area contributed by atoms with Crippen LogP contribution >= 0.6 is 0 Å². The fraction of sp³-hybridized carbons (Fsp3) is 0.583. The van der Waals surface area contributed by atoms with E-state index in [1.807, 2.05) is 0 Å². The lowest BCUT2D eigenvalue weighted by Gasteiger charge is -2.00. The van der Waals surface area contributed by atoms with Crippen LogP contribution in [0.2, 0.25) is 0 Å². The van der Waals surface area contributed by atoms with E-state index in [-0.39, 0.29) is 11.7 Å². The Morgan fingerprint density at radius 3 is 3.06 bits per heavy atom. The summed E-state index contributed by atoms with van der Waals surface area (Å²) in [6, 6.07) is 0. The molecular weight excluding hydrogens is 216 g/mol. The van der Waals surface area contributed by atoms with Crippen molar-refractivity contribution in [3.05, 3.63) is 11.6 Å². The van der Waals surface area contributed by atoms with Crippen LogP contribution < -0.4 is 5.32 Å². The summed E-state index contributed by atoms with van der Waals surface area (Å²) in [5, 5.41) is 9.50. The van der Waals surface area contributed by atoms with Crippen LogP contribution in [-0.4, -0.2) is 27.6 Å². The van der Waals surface area contributed by atoms with Crippen molar-refractivity contribution in [1.29, 1.82) is 0 Å². The molecule has 0 spiro atoms. The largest absolute Gasteiger partial charge is 0.349 e. The van der Waals surface area contributed by atoms with Crippen LogP contribution in [0, 0.1) is 12.3 Å². The predicted octanol–water partition coefficient (Wildman–Crippen LogP) is 1.22. The standard InChI is InChI=1S/C12H16N4O/c1-2-3-4-5-8-13-12(17)11-14-10(15-16-11)9-6-7-9/h1,9H,3-8H2,(H,13,17)(H,14,15,16). The molecule has 0 aliphatic heterocycles. The molecule has 0 radical (unpaired) electrons. The Morgan fingerprint density at radius 1 is 1.53 bits per heavy atom. The number of hydrogen-bond donors (Lipinski definition) is 2. The Hall–Kier alpha value is -1.83. The summed E-state index contributed by atoms with van der Waals surface area (Å²) in [7, 11) is 0. The summed E-state index contributed by atoms with van der Waals surface area (Å²) >= 11 is 0. The van der Waals surface area contributed by atoms with Gasteiger partial charge in [-0.15, -0.1) is 17.4 Å². The first-order chi connectivity index (χ1) is 8.31. The molecule has 0 unspecified atom stereocenters. The number of amides is 1. The SMILES string of the molecule is C#CCCCCNC(=O)c1n[nH]c(C2CC2)n1. The van der Waals surface area contributed by atoms with Crippen LogP contribution in [0.5, 0.6) is 0 Å². The highest BCUT2D eigenvalue weighted by molar-refractivity contribution is 5.90. The number of carbonyl (C=O) groups excluding carboxylic acids is 1. The molecule has 1 fully saturated rings. The van der Waals surface area contributed by atoms with E-state index in [9.17, 15) is 4.79 Å². The maximum absolute atomic E-state index is 11.6. The van der Waals surface area contributed by atoms with Crippen LogP contribution in [-0.2, 0) is 0 Å². The lowest BCUT2D eigenvalue weighted by Crippen LogP contribution is -2.25. The second-order valence-corrected chi connectivity index (χ2v) is 4.24. The van der Waals surface area contributed by atoms with Gasteiger partial charge in [-0.25, -0.2) is 4.98 Å². The lowest BCUT2D eigenvalue weighted by molar-refractivity contribution is 0.0943. The van der Waals surface area contributed by atoms with Gasteiger partial charge in [-0.1, -0.05) is 0 Å². The second-order valence-electron chi connectivity index (χ2n) is 4.24. The zero-order chi connectivity index (χ0) is 12.1. The summed E-state index contributed by atoms with van der Waals surface area (Å²) in [6.07, 6.45) is 9.99. The number of hydrogen-bond acceptors (Lipinski definition) is 3. The first-order valence-electron chi connectivity index (χ1n) is 5.95.